The molecule has 1 saturated heterocycles. The molecule has 0 unspecified atom stereocenters. The van der Waals surface area contributed by atoms with Crippen LogP contribution in [0.3, 0.4) is 0 Å². The van der Waals surface area contributed by atoms with Crippen LogP contribution in [-0.4, -0.2) is 156 Å². The molecule has 1 heterocycles. The van der Waals surface area contributed by atoms with E-state index < -0.39 is 125 Å². The molecule has 0 aliphatic carbocycles. The van der Waals surface area contributed by atoms with Crippen molar-refractivity contribution in [1.29, 1.82) is 0 Å². The fourth-order valence-electron chi connectivity index (χ4n) is 7.09. The lowest BCUT2D eigenvalue weighted by molar-refractivity contribution is -0.136. The predicted molar refractivity (Wildman–Crippen MR) is 275 cm³/mol. The van der Waals surface area contributed by atoms with Gasteiger partial charge in [-0.15, -0.1) is 0 Å². The Kier molecular flexibility index (Phi) is 25.7. The molecule has 2 rings (SSSR count). The van der Waals surface area contributed by atoms with Crippen molar-refractivity contribution in [1.82, 2.24) is 53.2 Å². The van der Waals surface area contributed by atoms with E-state index in [4.69, 9.17) is 19.9 Å². The number of rotatable bonds is 14. The van der Waals surface area contributed by atoms with E-state index in [0.29, 0.717) is 5.56 Å². The van der Waals surface area contributed by atoms with Crippen molar-refractivity contribution < 1.29 is 67.3 Å². The Bertz CT molecular complexity index is 2100. The fraction of sp³-hybridized carbons (Fsp3) is 0.680. The van der Waals surface area contributed by atoms with Gasteiger partial charge in [0.1, 0.15) is 53.1 Å². The largest absolute Gasteiger partial charge is 0.444 e. The first-order chi connectivity index (χ1) is 34.7. The van der Waals surface area contributed by atoms with Gasteiger partial charge in [-0.05, 0) is 113 Å². The monoisotopic (exact) mass is 1060 g/mol. The van der Waals surface area contributed by atoms with Crippen LogP contribution in [0.5, 0.6) is 0 Å². The SMILES string of the molecule is CC(C)C[C@@H]1NC(=O)[C@@H](Cc2ccccc2)NC(=O)[C@H](CCNC(=O)OC(C)(C)C)NC(=O)[C@@H](N)CCNC(=O)[C@H]([C@@H](C)O)NC(=O)[C@H](CCNC(=O)OC(C)(C)C)NC(=O)[C@H](CCNC(=O)OC(C)(C)C)NC1=O. The average Bonchev–Trinajstić information content (AvgIpc) is 3.26. The highest BCUT2D eigenvalue weighted by Gasteiger charge is 2.36. The van der Waals surface area contributed by atoms with Crippen molar-refractivity contribution in [3.63, 3.8) is 0 Å². The Hall–Kier alpha value is -6.76. The Labute approximate surface area is 439 Å². The summed E-state index contributed by atoms with van der Waals surface area (Å²) in [5, 5.41) is 36.4. The molecule has 13 N–H and O–H groups in total. The van der Waals surface area contributed by atoms with Crippen LogP contribution in [0.2, 0.25) is 0 Å². The third kappa shape index (κ3) is 26.3. The Morgan fingerprint density at radius 3 is 1.32 bits per heavy atom. The van der Waals surface area contributed by atoms with Gasteiger partial charge in [0.05, 0.1) is 12.1 Å². The zero-order chi connectivity index (χ0) is 56.8. The van der Waals surface area contributed by atoms with Crippen LogP contribution < -0.4 is 58.9 Å². The zero-order valence-corrected chi connectivity index (χ0v) is 45.5. The first-order valence-corrected chi connectivity index (χ1v) is 25.2. The number of alkyl carbamates (subject to hydrolysis) is 3. The van der Waals surface area contributed by atoms with E-state index in [1.54, 1.807) is 106 Å². The number of benzene rings is 1. The zero-order valence-electron chi connectivity index (χ0n) is 45.5. The number of carbonyl (C=O) groups excluding carboxylic acids is 10. The van der Waals surface area contributed by atoms with Gasteiger partial charge in [-0.1, -0.05) is 44.2 Å². The van der Waals surface area contributed by atoms with Gasteiger partial charge in [-0.2, -0.15) is 0 Å². The second-order valence-corrected chi connectivity index (χ2v) is 21.7. The number of carbonyl (C=O) groups is 10. The molecular formula is C50H83N11O14. The normalized spacial score (nSPS) is 22.8. The lowest BCUT2D eigenvalue weighted by Gasteiger charge is -2.29. The van der Waals surface area contributed by atoms with E-state index >= 15 is 0 Å². The van der Waals surface area contributed by atoms with Crippen molar-refractivity contribution in [3.8, 4) is 0 Å². The van der Waals surface area contributed by atoms with Crippen LogP contribution in [-0.2, 0) is 54.2 Å². The molecular weight excluding hydrogens is 979 g/mol. The maximum absolute atomic E-state index is 14.5. The number of ether oxygens (including phenoxy) is 3. The van der Waals surface area contributed by atoms with Crippen molar-refractivity contribution in [2.24, 2.45) is 11.7 Å². The minimum absolute atomic E-state index is 0.00510. The molecule has 0 aromatic heterocycles. The third-order valence-corrected chi connectivity index (χ3v) is 10.6. The third-order valence-electron chi connectivity index (χ3n) is 10.6. The number of amides is 10. The van der Waals surface area contributed by atoms with Crippen molar-refractivity contribution >= 4 is 59.6 Å². The standard InChI is InChI=1S/C50H83N11O14/c1-28(2)26-35-42(67)58-33(20-24-54-46(71)74-49(7,8)9)39(64)57-34(21-25-55-47(72)75-50(10,11)12)41(66)61-37(29(3)62)44(69)52-22-18-31(51)38(63)56-32(19-23-53-45(70)73-48(4,5)6)40(65)60-36(43(68)59-35)27-30-16-14-13-15-17-30/h13-17,28-29,31-37,62H,18-27,51H2,1-12H3,(H,52,69)(H,53,70)(H,54,71)(H,55,72)(H,56,63)(H,57,64)(H,58,67)(H,59,68)(H,60,65)(H,61,66)/t29-,31+,32+,33+,34+,35+,36-,37+/m1/s1. The highest BCUT2D eigenvalue weighted by molar-refractivity contribution is 5.97. The highest BCUT2D eigenvalue weighted by Crippen LogP contribution is 2.13. The van der Waals surface area contributed by atoms with Crippen molar-refractivity contribution in [3.05, 3.63) is 35.9 Å². The minimum atomic E-state index is -1.65. The van der Waals surface area contributed by atoms with Gasteiger partial charge in [0.2, 0.25) is 41.4 Å². The smallest absolute Gasteiger partial charge is 0.407 e. The second kappa shape index (κ2) is 30.0. The molecule has 8 atom stereocenters. The number of hydrogen-bond donors (Lipinski definition) is 12. The topological polar surface area (TPSA) is 365 Å². The molecule has 422 valence electrons. The quantitative estimate of drug-likeness (QED) is 0.110. The van der Waals surface area contributed by atoms with Gasteiger partial charge < -0.3 is 78.2 Å². The van der Waals surface area contributed by atoms with Gasteiger partial charge in [0, 0.05) is 32.6 Å². The molecule has 0 saturated carbocycles. The molecule has 0 spiro atoms. The molecule has 1 aromatic carbocycles. The second-order valence-electron chi connectivity index (χ2n) is 21.7. The molecule has 25 heteroatoms. The number of hydrogen-bond acceptors (Lipinski definition) is 15. The number of aliphatic hydroxyl groups is 1. The van der Waals surface area contributed by atoms with Crippen LogP contribution in [0, 0.1) is 5.92 Å². The van der Waals surface area contributed by atoms with Crippen LogP contribution in [0.1, 0.15) is 121 Å². The molecule has 0 bridgehead atoms. The van der Waals surface area contributed by atoms with Crippen LogP contribution in [0.25, 0.3) is 0 Å². The summed E-state index contributed by atoms with van der Waals surface area (Å²) in [6.45, 7) is 18.6. The first kappa shape index (κ1) is 64.4. The fourth-order valence-corrected chi connectivity index (χ4v) is 7.09. The summed E-state index contributed by atoms with van der Waals surface area (Å²) in [7, 11) is 0. The lowest BCUT2D eigenvalue weighted by atomic mass is 10.00. The summed E-state index contributed by atoms with van der Waals surface area (Å²) in [4.78, 5) is 137. The van der Waals surface area contributed by atoms with Crippen LogP contribution in [0.4, 0.5) is 14.4 Å². The van der Waals surface area contributed by atoms with E-state index in [-0.39, 0.29) is 70.6 Å². The number of nitrogens with two attached hydrogens (primary N) is 1. The molecule has 1 fully saturated rings. The summed E-state index contributed by atoms with van der Waals surface area (Å²) in [5.74, 6) is -6.55. The highest BCUT2D eigenvalue weighted by atomic mass is 16.6. The molecule has 1 aliphatic rings. The summed E-state index contributed by atoms with van der Waals surface area (Å²) in [6, 6.07) is -1.67. The molecule has 1 aliphatic heterocycles. The molecule has 10 amide bonds. The maximum Gasteiger partial charge on any atom is 0.407 e. The number of nitrogens with one attached hydrogen (secondary N) is 10. The van der Waals surface area contributed by atoms with Gasteiger partial charge in [-0.25, -0.2) is 14.4 Å². The van der Waals surface area contributed by atoms with E-state index in [0.717, 1.165) is 0 Å². The number of aliphatic hydroxyl groups excluding tert-OH is 1. The van der Waals surface area contributed by atoms with Crippen molar-refractivity contribution in [2.75, 3.05) is 26.2 Å². The Morgan fingerprint density at radius 2 is 0.920 bits per heavy atom. The Morgan fingerprint density at radius 1 is 0.560 bits per heavy atom. The van der Waals surface area contributed by atoms with E-state index in [9.17, 15) is 53.1 Å². The molecule has 75 heavy (non-hydrogen) atoms. The van der Waals surface area contributed by atoms with Crippen molar-refractivity contribution in [2.45, 2.75) is 187 Å². The van der Waals surface area contributed by atoms with Gasteiger partial charge in [0.15, 0.2) is 0 Å². The summed E-state index contributed by atoms with van der Waals surface area (Å²) in [5.41, 5.74) is 4.23. The van der Waals surface area contributed by atoms with Gasteiger partial charge in [-0.3, -0.25) is 33.6 Å². The van der Waals surface area contributed by atoms with Gasteiger partial charge >= 0.3 is 18.3 Å². The predicted octanol–water partition coefficient (Wildman–Crippen LogP) is 0.156. The molecule has 0 radical (unpaired) electrons. The van der Waals surface area contributed by atoms with Crippen LogP contribution in [0.15, 0.2) is 30.3 Å². The van der Waals surface area contributed by atoms with E-state index in [2.05, 4.69) is 53.2 Å². The van der Waals surface area contributed by atoms with Gasteiger partial charge in [0.25, 0.3) is 0 Å². The molecule has 1 aromatic rings. The maximum atomic E-state index is 14.5. The van der Waals surface area contributed by atoms with E-state index in [1.165, 1.54) is 6.92 Å². The van der Waals surface area contributed by atoms with E-state index in [1.807, 2.05) is 0 Å². The summed E-state index contributed by atoms with van der Waals surface area (Å²) in [6.07, 6.45) is -5.18. The minimum Gasteiger partial charge on any atom is -0.444 e. The Balaban J connectivity index is 2.75. The average molecular weight is 1060 g/mol. The lowest BCUT2D eigenvalue weighted by Crippen LogP contribution is -2.61. The molecule has 25 nitrogen and oxygen atoms in total. The first-order valence-electron chi connectivity index (χ1n) is 25.2. The summed E-state index contributed by atoms with van der Waals surface area (Å²) >= 11 is 0. The van der Waals surface area contributed by atoms with Crippen LogP contribution >= 0.6 is 0 Å². The summed E-state index contributed by atoms with van der Waals surface area (Å²) < 4.78 is 15.9.